The Morgan fingerprint density at radius 1 is 1.30 bits per heavy atom. The molecule has 0 saturated heterocycles. The number of hydrogen-bond acceptors (Lipinski definition) is 3. The average Bonchev–Trinajstić information content (AvgIpc) is 3.26. The van der Waals surface area contributed by atoms with Crippen LogP contribution in [0.5, 0.6) is 11.5 Å². The van der Waals surface area contributed by atoms with E-state index >= 15 is 0 Å². The van der Waals surface area contributed by atoms with Gasteiger partial charge in [0.05, 0.1) is 13.7 Å². The summed E-state index contributed by atoms with van der Waals surface area (Å²) in [6.07, 6.45) is 4.92. The largest absolute Gasteiger partial charge is 0.497 e. The molecule has 0 atom stereocenters. The first-order chi connectivity index (χ1) is 9.69. The van der Waals surface area contributed by atoms with Crippen molar-refractivity contribution < 1.29 is 9.47 Å². The Morgan fingerprint density at radius 2 is 2.10 bits per heavy atom. The van der Waals surface area contributed by atoms with Crippen LogP contribution in [0.1, 0.15) is 45.1 Å². The second kappa shape index (κ2) is 7.53. The third-order valence-corrected chi connectivity index (χ3v) is 3.61. The molecule has 2 rings (SSSR count). The highest BCUT2D eigenvalue weighted by atomic mass is 16.5. The van der Waals surface area contributed by atoms with Crippen molar-refractivity contribution in [3.8, 4) is 11.5 Å². The van der Waals surface area contributed by atoms with E-state index < -0.39 is 0 Å². The fourth-order valence-electron chi connectivity index (χ4n) is 2.18. The maximum atomic E-state index is 5.94. The van der Waals surface area contributed by atoms with E-state index in [9.17, 15) is 0 Å². The topological polar surface area (TPSA) is 30.5 Å². The van der Waals surface area contributed by atoms with Gasteiger partial charge in [-0.1, -0.05) is 13.8 Å². The third kappa shape index (κ3) is 5.04. The Kier molecular flexibility index (Phi) is 5.72. The quantitative estimate of drug-likeness (QED) is 0.697. The summed E-state index contributed by atoms with van der Waals surface area (Å²) in [6, 6.07) is 6.78. The van der Waals surface area contributed by atoms with E-state index in [2.05, 4.69) is 25.2 Å². The molecule has 0 unspecified atom stereocenters. The molecule has 112 valence electrons. The Labute approximate surface area is 122 Å². The summed E-state index contributed by atoms with van der Waals surface area (Å²) in [5, 5.41) is 3.54. The van der Waals surface area contributed by atoms with E-state index in [1.807, 2.05) is 12.1 Å². The Hall–Kier alpha value is -1.22. The number of methoxy groups -OCH3 is 1. The van der Waals surface area contributed by atoms with Crippen molar-refractivity contribution in [1.29, 1.82) is 0 Å². The van der Waals surface area contributed by atoms with Gasteiger partial charge in [-0.05, 0) is 49.8 Å². The van der Waals surface area contributed by atoms with Gasteiger partial charge in [0.15, 0.2) is 0 Å². The lowest BCUT2D eigenvalue weighted by atomic mass is 10.1. The van der Waals surface area contributed by atoms with Crippen LogP contribution in [0.3, 0.4) is 0 Å². The Bertz CT molecular complexity index is 413. The molecule has 0 aromatic heterocycles. The number of nitrogens with one attached hydrogen (secondary N) is 1. The van der Waals surface area contributed by atoms with E-state index in [1.54, 1.807) is 7.11 Å². The summed E-state index contributed by atoms with van der Waals surface area (Å²) in [4.78, 5) is 0. The first kappa shape index (κ1) is 15.2. The number of benzene rings is 1. The summed E-state index contributed by atoms with van der Waals surface area (Å²) in [7, 11) is 1.70. The molecule has 0 aliphatic heterocycles. The first-order valence-corrected chi connectivity index (χ1v) is 7.72. The number of hydrogen-bond donors (Lipinski definition) is 1. The van der Waals surface area contributed by atoms with Gasteiger partial charge in [-0.25, -0.2) is 0 Å². The summed E-state index contributed by atoms with van der Waals surface area (Å²) in [6.45, 7) is 6.15. The van der Waals surface area contributed by atoms with Gasteiger partial charge in [0.2, 0.25) is 0 Å². The molecule has 1 aromatic carbocycles. The van der Waals surface area contributed by atoms with Crippen LogP contribution < -0.4 is 14.8 Å². The van der Waals surface area contributed by atoms with E-state index in [4.69, 9.17) is 9.47 Å². The maximum Gasteiger partial charge on any atom is 0.124 e. The zero-order valence-electron chi connectivity index (χ0n) is 12.9. The molecule has 0 spiro atoms. The van der Waals surface area contributed by atoms with Crippen LogP contribution in [0.25, 0.3) is 0 Å². The first-order valence-electron chi connectivity index (χ1n) is 7.72. The van der Waals surface area contributed by atoms with Crippen LogP contribution in [0.15, 0.2) is 18.2 Å². The van der Waals surface area contributed by atoms with Crippen LogP contribution in [-0.4, -0.2) is 19.8 Å². The fourth-order valence-corrected chi connectivity index (χ4v) is 2.18. The molecule has 3 heteroatoms. The van der Waals surface area contributed by atoms with E-state index in [0.29, 0.717) is 6.04 Å². The predicted molar refractivity (Wildman–Crippen MR) is 82.4 cm³/mol. The molecule has 1 aliphatic carbocycles. The van der Waals surface area contributed by atoms with Gasteiger partial charge in [0, 0.05) is 18.2 Å². The van der Waals surface area contributed by atoms with Crippen LogP contribution in [0.2, 0.25) is 0 Å². The van der Waals surface area contributed by atoms with Gasteiger partial charge >= 0.3 is 0 Å². The Morgan fingerprint density at radius 3 is 2.75 bits per heavy atom. The summed E-state index contributed by atoms with van der Waals surface area (Å²) >= 11 is 0. The van der Waals surface area contributed by atoms with Crippen molar-refractivity contribution >= 4 is 0 Å². The molecular formula is C17H27NO2. The SMILES string of the molecule is COc1ccc(OCCCC(C)C)c(CNC2CC2)c1. The van der Waals surface area contributed by atoms with Gasteiger partial charge < -0.3 is 14.8 Å². The van der Waals surface area contributed by atoms with Crippen LogP contribution >= 0.6 is 0 Å². The monoisotopic (exact) mass is 277 g/mol. The van der Waals surface area contributed by atoms with Gasteiger partial charge in [-0.2, -0.15) is 0 Å². The van der Waals surface area contributed by atoms with Crippen LogP contribution in [0, 0.1) is 5.92 Å². The molecule has 3 nitrogen and oxygen atoms in total. The van der Waals surface area contributed by atoms with Crippen molar-refractivity contribution in [2.45, 2.75) is 52.1 Å². The van der Waals surface area contributed by atoms with Crippen molar-refractivity contribution in [2.75, 3.05) is 13.7 Å². The van der Waals surface area contributed by atoms with Crippen molar-refractivity contribution in [2.24, 2.45) is 5.92 Å². The molecule has 1 aliphatic rings. The minimum atomic E-state index is 0.704. The summed E-state index contributed by atoms with van der Waals surface area (Å²) in [5.74, 6) is 2.63. The maximum absolute atomic E-state index is 5.94. The third-order valence-electron chi connectivity index (χ3n) is 3.61. The van der Waals surface area contributed by atoms with Gasteiger partial charge in [-0.3, -0.25) is 0 Å². The Balaban J connectivity index is 1.90. The molecule has 0 heterocycles. The highest BCUT2D eigenvalue weighted by Gasteiger charge is 2.20. The summed E-state index contributed by atoms with van der Waals surface area (Å²) in [5.41, 5.74) is 1.20. The molecule has 1 N–H and O–H groups in total. The lowest BCUT2D eigenvalue weighted by Gasteiger charge is -2.14. The van der Waals surface area contributed by atoms with Gasteiger partial charge in [0.1, 0.15) is 11.5 Å². The summed E-state index contributed by atoms with van der Waals surface area (Å²) < 4.78 is 11.3. The molecule has 1 fully saturated rings. The molecule has 0 radical (unpaired) electrons. The zero-order valence-corrected chi connectivity index (χ0v) is 12.9. The molecule has 1 aromatic rings. The van der Waals surface area contributed by atoms with E-state index in [-0.39, 0.29) is 0 Å². The lowest BCUT2D eigenvalue weighted by molar-refractivity contribution is 0.293. The standard InChI is InChI=1S/C17H27NO2/c1-13(2)5-4-10-20-17-9-8-16(19-3)11-14(17)12-18-15-6-7-15/h8-9,11,13,15,18H,4-7,10,12H2,1-3H3. The van der Waals surface area contributed by atoms with Crippen molar-refractivity contribution in [3.63, 3.8) is 0 Å². The van der Waals surface area contributed by atoms with E-state index in [0.717, 1.165) is 37.0 Å². The second-order valence-electron chi connectivity index (χ2n) is 6.01. The second-order valence-corrected chi connectivity index (χ2v) is 6.01. The van der Waals surface area contributed by atoms with E-state index in [1.165, 1.54) is 24.8 Å². The minimum Gasteiger partial charge on any atom is -0.497 e. The predicted octanol–water partition coefficient (Wildman–Crippen LogP) is 3.76. The average molecular weight is 277 g/mol. The fraction of sp³-hybridized carbons (Fsp3) is 0.647. The molecular weight excluding hydrogens is 250 g/mol. The minimum absolute atomic E-state index is 0.704. The molecule has 1 saturated carbocycles. The van der Waals surface area contributed by atoms with Crippen molar-refractivity contribution in [3.05, 3.63) is 23.8 Å². The zero-order chi connectivity index (χ0) is 14.4. The van der Waals surface area contributed by atoms with Gasteiger partial charge in [0.25, 0.3) is 0 Å². The molecule has 0 bridgehead atoms. The normalized spacial score (nSPS) is 14.6. The van der Waals surface area contributed by atoms with Gasteiger partial charge in [-0.15, -0.1) is 0 Å². The molecule has 20 heavy (non-hydrogen) atoms. The number of ether oxygens (including phenoxy) is 2. The van der Waals surface area contributed by atoms with Crippen LogP contribution in [0.4, 0.5) is 0 Å². The van der Waals surface area contributed by atoms with Crippen molar-refractivity contribution in [1.82, 2.24) is 5.32 Å². The van der Waals surface area contributed by atoms with Crippen LogP contribution in [-0.2, 0) is 6.54 Å². The lowest BCUT2D eigenvalue weighted by Crippen LogP contribution is -2.16. The highest BCUT2D eigenvalue weighted by molar-refractivity contribution is 5.40. The number of rotatable bonds is 9. The smallest absolute Gasteiger partial charge is 0.124 e. The highest BCUT2D eigenvalue weighted by Crippen LogP contribution is 2.26. The molecule has 0 amide bonds.